The third-order valence-electron chi connectivity index (χ3n) is 1.59. The molecular weight excluding hydrogens is 280 g/mol. The summed E-state index contributed by atoms with van der Waals surface area (Å²) >= 11 is 6.51. The summed E-state index contributed by atoms with van der Waals surface area (Å²) in [6.07, 6.45) is -0.0624. The van der Waals surface area contributed by atoms with Crippen LogP contribution in [0.4, 0.5) is 0 Å². The number of esters is 1. The number of carbonyl (C=O) groups excluding carboxylic acids is 1. The zero-order chi connectivity index (χ0) is 11.5. The van der Waals surface area contributed by atoms with Crippen molar-refractivity contribution in [3.63, 3.8) is 0 Å². The molecular formula is C10H10O2S4. The van der Waals surface area contributed by atoms with Gasteiger partial charge >= 0.3 is 5.97 Å². The third-order valence-corrected chi connectivity index (χ3v) is 6.59. The van der Waals surface area contributed by atoms with E-state index in [0.29, 0.717) is 4.91 Å². The number of hydrogen-bond donors (Lipinski definition) is 0. The first-order valence-corrected chi connectivity index (χ1v) is 8.10. The second kappa shape index (κ2) is 5.62. The van der Waals surface area contributed by atoms with Gasteiger partial charge in [-0.25, -0.2) is 4.79 Å². The van der Waals surface area contributed by atoms with E-state index in [2.05, 4.69) is 10.8 Å². The lowest BCUT2D eigenvalue weighted by Crippen LogP contribution is -2.11. The van der Waals surface area contributed by atoms with Crippen molar-refractivity contribution in [2.75, 3.05) is 0 Å². The molecule has 0 atom stereocenters. The Morgan fingerprint density at radius 2 is 1.88 bits per heavy atom. The van der Waals surface area contributed by atoms with Gasteiger partial charge in [0, 0.05) is 0 Å². The Morgan fingerprint density at radius 3 is 2.50 bits per heavy atom. The van der Waals surface area contributed by atoms with Gasteiger partial charge in [-0.2, -0.15) is 0 Å². The molecule has 0 radical (unpaired) electrons. The summed E-state index contributed by atoms with van der Waals surface area (Å²) in [5.41, 5.74) is 0. The molecule has 0 aromatic heterocycles. The lowest BCUT2D eigenvalue weighted by atomic mass is 10.5. The van der Waals surface area contributed by atoms with Gasteiger partial charge in [0.2, 0.25) is 0 Å². The number of rotatable bonds is 2. The standard InChI is InChI=1S/C10H10O2S4/c1-6(2)12-8(11)7-5-15-10(16-7)9-13-3-4-14-9/h3-6H,1-2H3. The van der Waals surface area contributed by atoms with Crippen molar-refractivity contribution in [2.24, 2.45) is 0 Å². The SMILES string of the molecule is CC(C)OC(=O)C1=CSC(=C2SC=CS2)S1. The molecule has 16 heavy (non-hydrogen) atoms. The molecule has 6 heteroatoms. The summed E-state index contributed by atoms with van der Waals surface area (Å²) in [6.45, 7) is 3.72. The first kappa shape index (κ1) is 12.5. The monoisotopic (exact) mass is 290 g/mol. The zero-order valence-corrected chi connectivity index (χ0v) is 12.0. The van der Waals surface area contributed by atoms with E-state index >= 15 is 0 Å². The first-order chi connectivity index (χ1) is 7.66. The largest absolute Gasteiger partial charge is 0.459 e. The normalized spacial score (nSPS) is 19.6. The highest BCUT2D eigenvalue weighted by Crippen LogP contribution is 2.53. The molecule has 0 spiro atoms. The van der Waals surface area contributed by atoms with E-state index in [4.69, 9.17) is 4.74 Å². The molecule has 2 heterocycles. The van der Waals surface area contributed by atoms with E-state index in [1.165, 1.54) is 20.2 Å². The Morgan fingerprint density at radius 1 is 1.19 bits per heavy atom. The molecule has 2 rings (SSSR count). The molecule has 2 nitrogen and oxygen atoms in total. The van der Waals surface area contributed by atoms with Gasteiger partial charge < -0.3 is 4.74 Å². The molecule has 0 saturated heterocycles. The van der Waals surface area contributed by atoms with Crippen molar-refractivity contribution in [3.8, 4) is 0 Å². The molecule has 2 aliphatic rings. The van der Waals surface area contributed by atoms with Crippen LogP contribution in [0.1, 0.15) is 13.8 Å². The van der Waals surface area contributed by atoms with Crippen LogP contribution in [0.25, 0.3) is 0 Å². The van der Waals surface area contributed by atoms with Crippen molar-refractivity contribution < 1.29 is 9.53 Å². The van der Waals surface area contributed by atoms with E-state index in [0.717, 1.165) is 0 Å². The van der Waals surface area contributed by atoms with Crippen molar-refractivity contribution in [2.45, 2.75) is 20.0 Å². The average molecular weight is 290 g/mol. The van der Waals surface area contributed by atoms with Gasteiger partial charge in [0.05, 0.1) is 14.6 Å². The molecule has 0 bridgehead atoms. The fraction of sp³-hybridized carbons (Fsp3) is 0.300. The molecule has 0 aromatic rings. The van der Waals surface area contributed by atoms with E-state index < -0.39 is 0 Å². The zero-order valence-electron chi connectivity index (χ0n) is 8.76. The Bertz CT molecular complexity index is 386. The highest BCUT2D eigenvalue weighted by Gasteiger charge is 2.24. The van der Waals surface area contributed by atoms with Crippen LogP contribution in [-0.2, 0) is 9.53 Å². The van der Waals surface area contributed by atoms with E-state index in [-0.39, 0.29) is 12.1 Å². The summed E-state index contributed by atoms with van der Waals surface area (Å²) in [7, 11) is 0. The highest BCUT2D eigenvalue weighted by molar-refractivity contribution is 8.33. The predicted octanol–water partition coefficient (Wildman–Crippen LogP) is 4.34. The average Bonchev–Trinajstić information content (AvgIpc) is 2.87. The Kier molecular flexibility index (Phi) is 4.41. The lowest BCUT2D eigenvalue weighted by molar-refractivity contribution is -0.141. The summed E-state index contributed by atoms with van der Waals surface area (Å²) in [6, 6.07) is 0. The van der Waals surface area contributed by atoms with Crippen LogP contribution in [0, 0.1) is 0 Å². The lowest BCUT2D eigenvalue weighted by Gasteiger charge is -2.07. The van der Waals surface area contributed by atoms with Crippen LogP contribution in [0.2, 0.25) is 0 Å². The second-order valence-corrected chi connectivity index (χ2v) is 7.52. The Balaban J connectivity index is 1.97. The van der Waals surface area contributed by atoms with Crippen molar-refractivity contribution >= 4 is 53.0 Å². The van der Waals surface area contributed by atoms with Gasteiger partial charge in [-0.15, -0.1) is 0 Å². The highest BCUT2D eigenvalue weighted by atomic mass is 32.2. The van der Waals surface area contributed by atoms with Gasteiger partial charge in [-0.3, -0.25) is 0 Å². The predicted molar refractivity (Wildman–Crippen MR) is 75.8 cm³/mol. The summed E-state index contributed by atoms with van der Waals surface area (Å²) in [4.78, 5) is 12.3. The first-order valence-electron chi connectivity index (χ1n) is 4.65. The fourth-order valence-electron chi connectivity index (χ4n) is 1.01. The maximum absolute atomic E-state index is 11.6. The number of hydrogen-bond acceptors (Lipinski definition) is 6. The maximum Gasteiger partial charge on any atom is 0.345 e. The molecule has 0 amide bonds. The fourth-order valence-corrected chi connectivity index (χ4v) is 5.33. The molecule has 0 fully saturated rings. The van der Waals surface area contributed by atoms with Gasteiger partial charge in [0.15, 0.2) is 0 Å². The van der Waals surface area contributed by atoms with Crippen LogP contribution < -0.4 is 0 Å². The molecule has 0 aliphatic carbocycles. The molecule has 0 saturated carbocycles. The third kappa shape index (κ3) is 3.06. The van der Waals surface area contributed by atoms with Crippen LogP contribution in [0.15, 0.2) is 29.6 Å². The molecule has 0 aromatic carbocycles. The molecule has 2 aliphatic heterocycles. The summed E-state index contributed by atoms with van der Waals surface area (Å²) in [5.74, 6) is -0.218. The quantitative estimate of drug-likeness (QED) is 0.702. The van der Waals surface area contributed by atoms with Crippen molar-refractivity contribution in [1.82, 2.24) is 0 Å². The van der Waals surface area contributed by atoms with Crippen LogP contribution >= 0.6 is 47.0 Å². The van der Waals surface area contributed by atoms with Gasteiger partial charge in [-0.05, 0) is 30.1 Å². The minimum Gasteiger partial charge on any atom is -0.459 e. The van der Waals surface area contributed by atoms with Crippen LogP contribution in [0.3, 0.4) is 0 Å². The number of carbonyl (C=O) groups is 1. The van der Waals surface area contributed by atoms with Crippen molar-refractivity contribution in [3.05, 3.63) is 29.6 Å². The van der Waals surface area contributed by atoms with Gasteiger partial charge in [-0.1, -0.05) is 47.0 Å². The molecule has 0 unspecified atom stereocenters. The number of ether oxygens (including phenoxy) is 1. The smallest absolute Gasteiger partial charge is 0.345 e. The maximum atomic E-state index is 11.6. The van der Waals surface area contributed by atoms with E-state index in [1.807, 2.05) is 19.3 Å². The summed E-state index contributed by atoms with van der Waals surface area (Å²) in [5, 5.41) is 5.98. The number of thioether (sulfide) groups is 4. The van der Waals surface area contributed by atoms with Crippen LogP contribution in [0.5, 0.6) is 0 Å². The molecule has 86 valence electrons. The van der Waals surface area contributed by atoms with Crippen LogP contribution in [-0.4, -0.2) is 12.1 Å². The Labute approximate surface area is 112 Å². The summed E-state index contributed by atoms with van der Waals surface area (Å²) < 4.78 is 7.58. The van der Waals surface area contributed by atoms with Gasteiger partial charge in [0.25, 0.3) is 0 Å². The van der Waals surface area contributed by atoms with E-state index in [1.54, 1.807) is 35.3 Å². The molecule has 0 N–H and O–H groups in total. The minimum absolute atomic E-state index is 0.0624. The van der Waals surface area contributed by atoms with Gasteiger partial charge in [0.1, 0.15) is 4.91 Å². The second-order valence-electron chi connectivity index (χ2n) is 3.24. The Hall–Kier alpha value is 0.0900. The topological polar surface area (TPSA) is 26.3 Å². The van der Waals surface area contributed by atoms with E-state index in [9.17, 15) is 4.79 Å². The van der Waals surface area contributed by atoms with Crippen molar-refractivity contribution in [1.29, 1.82) is 0 Å². The minimum atomic E-state index is -0.218.